The van der Waals surface area contributed by atoms with Gasteiger partial charge in [-0.25, -0.2) is 4.98 Å². The summed E-state index contributed by atoms with van der Waals surface area (Å²) in [6.07, 6.45) is 8.94. The zero-order valence-electron chi connectivity index (χ0n) is 8.47. The lowest BCUT2D eigenvalue weighted by Crippen LogP contribution is -1.98. The van der Waals surface area contributed by atoms with Crippen LogP contribution < -0.4 is 5.73 Å². The van der Waals surface area contributed by atoms with Crippen molar-refractivity contribution in [1.29, 1.82) is 0 Å². The van der Waals surface area contributed by atoms with Crippen LogP contribution in [0.1, 0.15) is 5.56 Å². The van der Waals surface area contributed by atoms with E-state index in [1.807, 2.05) is 12.2 Å². The lowest BCUT2D eigenvalue weighted by Gasteiger charge is -2.10. The number of aromatic amines is 1. The third-order valence-electron chi connectivity index (χ3n) is 2.58. The van der Waals surface area contributed by atoms with Gasteiger partial charge in [0.1, 0.15) is 6.61 Å². The minimum Gasteiger partial charge on any atom is -0.497 e. The highest BCUT2D eigenvalue weighted by molar-refractivity contribution is 5.95. The second-order valence-electron chi connectivity index (χ2n) is 3.51. The lowest BCUT2D eigenvalue weighted by atomic mass is 10.0. The van der Waals surface area contributed by atoms with E-state index in [4.69, 9.17) is 10.5 Å². The fourth-order valence-electron chi connectivity index (χ4n) is 1.73. The van der Waals surface area contributed by atoms with E-state index in [0.29, 0.717) is 17.9 Å². The summed E-state index contributed by atoms with van der Waals surface area (Å²) in [7, 11) is 0. The number of pyridine rings is 1. The maximum absolute atomic E-state index is 6.08. The Kier molecular flexibility index (Phi) is 1.89. The Hall–Kier alpha value is -2.30. The summed E-state index contributed by atoms with van der Waals surface area (Å²) in [5.41, 5.74) is 9.41. The van der Waals surface area contributed by atoms with Crippen LogP contribution >= 0.6 is 0 Å². The van der Waals surface area contributed by atoms with Gasteiger partial charge >= 0.3 is 0 Å². The van der Waals surface area contributed by atoms with Gasteiger partial charge < -0.3 is 10.5 Å². The molecule has 3 N–H and O–H groups in total. The summed E-state index contributed by atoms with van der Waals surface area (Å²) in [6, 6.07) is 0. The molecule has 80 valence electrons. The molecule has 1 aliphatic rings. The predicted octanol–water partition coefficient (Wildman–Crippen LogP) is 1.47. The van der Waals surface area contributed by atoms with E-state index < -0.39 is 0 Å². The molecular weight excluding hydrogens is 204 g/mol. The molecule has 2 aromatic heterocycles. The first-order chi connectivity index (χ1) is 7.86. The molecule has 5 nitrogen and oxygen atoms in total. The first-order valence-corrected chi connectivity index (χ1v) is 4.92. The number of H-pyrrole nitrogens is 1. The van der Waals surface area contributed by atoms with Crippen LogP contribution in [-0.2, 0) is 4.74 Å². The van der Waals surface area contributed by atoms with Crippen molar-refractivity contribution in [2.24, 2.45) is 0 Å². The van der Waals surface area contributed by atoms with Crippen LogP contribution in [0.25, 0.3) is 16.6 Å². The number of nitrogens with two attached hydrogens (primary N) is 1. The molecule has 0 fully saturated rings. The van der Waals surface area contributed by atoms with Crippen LogP contribution in [0.3, 0.4) is 0 Å². The monoisotopic (exact) mass is 214 g/mol. The van der Waals surface area contributed by atoms with Crippen molar-refractivity contribution in [3.8, 4) is 0 Å². The summed E-state index contributed by atoms with van der Waals surface area (Å²) in [4.78, 5) is 4.26. The third-order valence-corrected chi connectivity index (χ3v) is 2.58. The molecule has 3 rings (SSSR count). The summed E-state index contributed by atoms with van der Waals surface area (Å²) in [5, 5.41) is 7.55. The topological polar surface area (TPSA) is 76.8 Å². The average Bonchev–Trinajstić information content (AvgIpc) is 2.80. The second kappa shape index (κ2) is 3.37. The molecule has 0 saturated carbocycles. The molecule has 0 amide bonds. The molecule has 5 heteroatoms. The van der Waals surface area contributed by atoms with Gasteiger partial charge in [0, 0.05) is 11.8 Å². The molecule has 0 saturated heterocycles. The molecule has 0 bridgehead atoms. The van der Waals surface area contributed by atoms with Gasteiger partial charge in [-0.15, -0.1) is 0 Å². The van der Waals surface area contributed by atoms with Gasteiger partial charge in [-0.2, -0.15) is 5.10 Å². The predicted molar refractivity (Wildman–Crippen MR) is 61.4 cm³/mol. The summed E-state index contributed by atoms with van der Waals surface area (Å²) >= 11 is 0. The van der Waals surface area contributed by atoms with Crippen LogP contribution in [-0.4, -0.2) is 21.8 Å². The van der Waals surface area contributed by atoms with Crippen molar-refractivity contribution in [3.05, 3.63) is 36.4 Å². The molecule has 0 unspecified atom stereocenters. The Morgan fingerprint density at radius 2 is 2.31 bits per heavy atom. The third kappa shape index (κ3) is 1.25. The molecule has 0 radical (unpaired) electrons. The number of fused-ring (bicyclic) bond motifs is 1. The minimum atomic E-state index is 0.564. The van der Waals surface area contributed by atoms with Crippen LogP contribution in [0.15, 0.2) is 30.8 Å². The number of allylic oxidation sites excluding steroid dienone is 2. The summed E-state index contributed by atoms with van der Waals surface area (Å²) in [6.45, 7) is 0.564. The molecule has 0 atom stereocenters. The van der Waals surface area contributed by atoms with E-state index in [0.717, 1.165) is 16.5 Å². The van der Waals surface area contributed by atoms with E-state index in [2.05, 4.69) is 15.2 Å². The first kappa shape index (κ1) is 8.96. The van der Waals surface area contributed by atoms with Gasteiger partial charge in [0.15, 0.2) is 5.65 Å². The first-order valence-electron chi connectivity index (χ1n) is 4.92. The Morgan fingerprint density at radius 1 is 1.38 bits per heavy atom. The number of hydrogen-bond acceptors (Lipinski definition) is 4. The smallest absolute Gasteiger partial charge is 0.157 e. The largest absolute Gasteiger partial charge is 0.497 e. The minimum absolute atomic E-state index is 0.564. The van der Waals surface area contributed by atoms with Gasteiger partial charge in [0.25, 0.3) is 0 Å². The van der Waals surface area contributed by atoms with Gasteiger partial charge in [-0.05, 0) is 17.7 Å². The highest BCUT2D eigenvalue weighted by Gasteiger charge is 2.10. The molecule has 0 spiro atoms. The lowest BCUT2D eigenvalue weighted by molar-refractivity contribution is 0.287. The Bertz CT molecular complexity index is 597. The number of nitrogens with one attached hydrogen (secondary N) is 1. The quantitative estimate of drug-likeness (QED) is 0.753. The Morgan fingerprint density at radius 3 is 3.12 bits per heavy atom. The van der Waals surface area contributed by atoms with Gasteiger partial charge in [0.2, 0.25) is 0 Å². The van der Waals surface area contributed by atoms with Gasteiger partial charge in [-0.3, -0.25) is 5.10 Å². The zero-order valence-corrected chi connectivity index (χ0v) is 8.47. The number of hydrogen-bond donors (Lipinski definition) is 2. The second-order valence-corrected chi connectivity index (χ2v) is 3.51. The zero-order chi connectivity index (χ0) is 11.0. The van der Waals surface area contributed by atoms with Gasteiger partial charge in [0.05, 0.1) is 23.5 Å². The number of aromatic nitrogens is 3. The summed E-state index contributed by atoms with van der Waals surface area (Å²) < 4.78 is 5.10. The van der Waals surface area contributed by atoms with E-state index in [9.17, 15) is 0 Å². The molecule has 16 heavy (non-hydrogen) atoms. The molecule has 0 aliphatic carbocycles. The highest BCUT2D eigenvalue weighted by Crippen LogP contribution is 2.28. The number of rotatable bonds is 1. The molecule has 0 aromatic carbocycles. The molecule has 2 aromatic rings. The maximum Gasteiger partial charge on any atom is 0.157 e. The number of ether oxygens (including phenoxy) is 1. The number of nitrogen functional groups attached to an aromatic ring is 1. The van der Waals surface area contributed by atoms with Crippen molar-refractivity contribution in [1.82, 2.24) is 15.2 Å². The summed E-state index contributed by atoms with van der Waals surface area (Å²) in [5.74, 6) is 0. The molecule has 1 aliphatic heterocycles. The number of anilines is 1. The molecular formula is C11H10N4O. The van der Waals surface area contributed by atoms with E-state index in [1.165, 1.54) is 0 Å². The maximum atomic E-state index is 6.08. The number of nitrogens with zero attached hydrogens (tertiary/aromatic N) is 2. The van der Waals surface area contributed by atoms with Crippen molar-refractivity contribution in [2.75, 3.05) is 12.3 Å². The fourth-order valence-corrected chi connectivity index (χ4v) is 1.73. The van der Waals surface area contributed by atoms with E-state index in [1.54, 1.807) is 18.7 Å². The Balaban J connectivity index is 2.20. The van der Waals surface area contributed by atoms with E-state index >= 15 is 0 Å². The van der Waals surface area contributed by atoms with Crippen LogP contribution in [0.2, 0.25) is 0 Å². The van der Waals surface area contributed by atoms with Crippen LogP contribution in [0.5, 0.6) is 0 Å². The SMILES string of the molecule is Nc1c(C2=CCOC=C2)cnc2[nH]ncc12. The average molecular weight is 214 g/mol. The highest BCUT2D eigenvalue weighted by atomic mass is 16.5. The van der Waals surface area contributed by atoms with Gasteiger partial charge in [-0.1, -0.05) is 0 Å². The van der Waals surface area contributed by atoms with Crippen LogP contribution in [0.4, 0.5) is 5.69 Å². The van der Waals surface area contributed by atoms with Crippen molar-refractivity contribution in [2.45, 2.75) is 0 Å². The fraction of sp³-hybridized carbons (Fsp3) is 0.0909. The normalized spacial score (nSPS) is 14.9. The molecule has 3 heterocycles. The van der Waals surface area contributed by atoms with E-state index in [-0.39, 0.29) is 0 Å². The van der Waals surface area contributed by atoms with Crippen molar-refractivity contribution >= 4 is 22.3 Å². The van der Waals surface area contributed by atoms with Crippen molar-refractivity contribution in [3.63, 3.8) is 0 Å². The Labute approximate surface area is 91.6 Å². The standard InChI is InChI=1S/C11H10N4O/c12-10-8(7-1-3-16-4-2-7)5-13-11-9(10)6-14-15-11/h1-3,5-6H,4H2,(H3,12,13,14,15). The van der Waals surface area contributed by atoms with Crippen molar-refractivity contribution < 1.29 is 4.74 Å². The van der Waals surface area contributed by atoms with Crippen LogP contribution in [0, 0.1) is 0 Å².